The minimum absolute atomic E-state index is 0.0924. The topological polar surface area (TPSA) is 46.5 Å². The van der Waals surface area contributed by atoms with E-state index in [2.05, 4.69) is 6.92 Å². The molecule has 0 aliphatic heterocycles. The molecule has 3 heteroatoms. The molecule has 0 bridgehead atoms. The molecule has 0 aromatic rings. The van der Waals surface area contributed by atoms with Crippen molar-refractivity contribution in [3.8, 4) is 0 Å². The lowest BCUT2D eigenvalue weighted by atomic mass is 9.99. The molecule has 1 rings (SSSR count). The molecule has 88 valence electrons. The molecule has 2 unspecified atom stereocenters. The quantitative estimate of drug-likeness (QED) is 0.659. The number of carbonyl (C=O) groups excluding carboxylic acids is 1. The van der Waals surface area contributed by atoms with E-state index < -0.39 is 6.10 Å². The van der Waals surface area contributed by atoms with Gasteiger partial charge in [0.2, 0.25) is 0 Å². The molecule has 0 spiro atoms. The number of aliphatic hydroxyl groups is 1. The van der Waals surface area contributed by atoms with Crippen molar-refractivity contribution in [1.29, 1.82) is 0 Å². The van der Waals surface area contributed by atoms with E-state index in [9.17, 15) is 9.90 Å². The van der Waals surface area contributed by atoms with Gasteiger partial charge in [0.15, 0.2) is 0 Å². The third kappa shape index (κ3) is 4.76. The van der Waals surface area contributed by atoms with Crippen LogP contribution in [0.25, 0.3) is 0 Å². The van der Waals surface area contributed by atoms with Gasteiger partial charge < -0.3 is 9.84 Å². The molecule has 2 atom stereocenters. The number of hydrogen-bond donors (Lipinski definition) is 1. The van der Waals surface area contributed by atoms with Gasteiger partial charge in [-0.15, -0.1) is 0 Å². The van der Waals surface area contributed by atoms with Crippen LogP contribution < -0.4 is 0 Å². The Balaban J connectivity index is 2.07. The van der Waals surface area contributed by atoms with Crippen LogP contribution in [0.3, 0.4) is 0 Å². The lowest BCUT2D eigenvalue weighted by molar-refractivity contribution is -0.121. The van der Waals surface area contributed by atoms with Gasteiger partial charge in [-0.2, -0.15) is 0 Å². The van der Waals surface area contributed by atoms with E-state index in [4.69, 9.17) is 4.74 Å². The molecule has 1 aliphatic carbocycles. The van der Waals surface area contributed by atoms with Crippen LogP contribution in [0.1, 0.15) is 45.4 Å². The lowest BCUT2D eigenvalue weighted by Gasteiger charge is -2.14. The molecule has 0 radical (unpaired) electrons. The van der Waals surface area contributed by atoms with Crippen LogP contribution in [0.5, 0.6) is 0 Å². The van der Waals surface area contributed by atoms with E-state index >= 15 is 0 Å². The van der Waals surface area contributed by atoms with Crippen molar-refractivity contribution in [2.45, 2.75) is 51.6 Å². The highest BCUT2D eigenvalue weighted by atomic mass is 16.5. The fraction of sp³-hybridized carbons (Fsp3) is 0.917. The molecule has 0 heterocycles. The second-order valence-corrected chi connectivity index (χ2v) is 4.37. The first-order valence-electron chi connectivity index (χ1n) is 6.02. The van der Waals surface area contributed by atoms with Crippen LogP contribution in [0.15, 0.2) is 0 Å². The average Bonchev–Trinajstić information content (AvgIpc) is 2.59. The second-order valence-electron chi connectivity index (χ2n) is 4.37. The fourth-order valence-electron chi connectivity index (χ4n) is 2.00. The number of ether oxygens (including phenoxy) is 1. The predicted molar refractivity (Wildman–Crippen MR) is 58.7 cm³/mol. The van der Waals surface area contributed by atoms with Crippen LogP contribution in [0, 0.1) is 5.92 Å². The van der Waals surface area contributed by atoms with Crippen LogP contribution in [0.2, 0.25) is 0 Å². The largest absolute Gasteiger partial charge is 0.391 e. The highest BCUT2D eigenvalue weighted by molar-refractivity contribution is 5.82. The van der Waals surface area contributed by atoms with Gasteiger partial charge in [0, 0.05) is 18.9 Å². The molecule has 0 amide bonds. The summed E-state index contributed by atoms with van der Waals surface area (Å²) < 4.78 is 5.32. The van der Waals surface area contributed by atoms with E-state index in [0.717, 1.165) is 25.7 Å². The number of Topliss-reactive ketones (excluding diaryl/α,β-unsaturated/α-hetero) is 1. The van der Waals surface area contributed by atoms with Gasteiger partial charge in [0.1, 0.15) is 5.78 Å². The number of hydrogen-bond acceptors (Lipinski definition) is 3. The fourth-order valence-corrected chi connectivity index (χ4v) is 2.00. The number of ketones is 1. The minimum Gasteiger partial charge on any atom is -0.391 e. The van der Waals surface area contributed by atoms with Crippen molar-refractivity contribution in [1.82, 2.24) is 0 Å². The Bertz CT molecular complexity index is 191. The van der Waals surface area contributed by atoms with E-state index in [-0.39, 0.29) is 5.92 Å². The SMILES string of the molecule is CCCCOCC(O)CC1CCCC1=O. The summed E-state index contributed by atoms with van der Waals surface area (Å²) in [6.07, 6.45) is 4.91. The maximum Gasteiger partial charge on any atom is 0.136 e. The molecule has 1 aliphatic rings. The Labute approximate surface area is 91.8 Å². The summed E-state index contributed by atoms with van der Waals surface area (Å²) >= 11 is 0. The zero-order valence-corrected chi connectivity index (χ0v) is 9.58. The van der Waals surface area contributed by atoms with Crippen molar-refractivity contribution in [3.63, 3.8) is 0 Å². The number of unbranched alkanes of at least 4 members (excludes halogenated alkanes) is 1. The normalized spacial score (nSPS) is 23.3. The monoisotopic (exact) mass is 214 g/mol. The van der Waals surface area contributed by atoms with Crippen molar-refractivity contribution >= 4 is 5.78 Å². The highest BCUT2D eigenvalue weighted by Crippen LogP contribution is 2.25. The third-order valence-corrected chi connectivity index (χ3v) is 2.94. The molecular formula is C12H22O3. The van der Waals surface area contributed by atoms with E-state index in [1.54, 1.807) is 0 Å². The smallest absolute Gasteiger partial charge is 0.136 e. The minimum atomic E-state index is -0.464. The van der Waals surface area contributed by atoms with Gasteiger partial charge in [-0.1, -0.05) is 13.3 Å². The second kappa shape index (κ2) is 6.96. The summed E-state index contributed by atoms with van der Waals surface area (Å²) in [6, 6.07) is 0. The maximum atomic E-state index is 11.3. The van der Waals surface area contributed by atoms with Crippen molar-refractivity contribution in [2.75, 3.05) is 13.2 Å². The standard InChI is InChI=1S/C12H22O3/c1-2-3-7-15-9-11(13)8-10-5-4-6-12(10)14/h10-11,13H,2-9H2,1H3. The summed E-state index contributed by atoms with van der Waals surface area (Å²) in [7, 11) is 0. The zero-order valence-electron chi connectivity index (χ0n) is 9.58. The summed E-state index contributed by atoms with van der Waals surface area (Å²) in [5, 5.41) is 9.65. The number of rotatable bonds is 7. The van der Waals surface area contributed by atoms with Gasteiger partial charge >= 0.3 is 0 Å². The Morgan fingerprint density at radius 1 is 1.60 bits per heavy atom. The zero-order chi connectivity index (χ0) is 11.1. The first-order chi connectivity index (χ1) is 7.24. The van der Waals surface area contributed by atoms with E-state index in [0.29, 0.717) is 31.8 Å². The molecule has 0 aromatic heterocycles. The Kier molecular flexibility index (Phi) is 5.88. The van der Waals surface area contributed by atoms with Gasteiger partial charge in [-0.25, -0.2) is 0 Å². The van der Waals surface area contributed by atoms with E-state index in [1.807, 2.05) is 0 Å². The average molecular weight is 214 g/mol. The summed E-state index contributed by atoms with van der Waals surface area (Å²) in [5.74, 6) is 0.414. The van der Waals surface area contributed by atoms with Crippen LogP contribution in [0.4, 0.5) is 0 Å². The van der Waals surface area contributed by atoms with Gasteiger partial charge in [-0.3, -0.25) is 4.79 Å². The van der Waals surface area contributed by atoms with Crippen molar-refractivity contribution in [3.05, 3.63) is 0 Å². The number of aliphatic hydroxyl groups excluding tert-OH is 1. The maximum absolute atomic E-state index is 11.3. The summed E-state index contributed by atoms with van der Waals surface area (Å²) in [4.78, 5) is 11.3. The number of carbonyl (C=O) groups is 1. The Morgan fingerprint density at radius 3 is 3.00 bits per heavy atom. The van der Waals surface area contributed by atoms with Crippen molar-refractivity contribution < 1.29 is 14.6 Å². The first kappa shape index (κ1) is 12.7. The van der Waals surface area contributed by atoms with Crippen LogP contribution in [-0.2, 0) is 9.53 Å². The predicted octanol–water partition coefficient (Wildman–Crippen LogP) is 1.92. The van der Waals surface area contributed by atoms with Crippen LogP contribution in [-0.4, -0.2) is 30.2 Å². The first-order valence-corrected chi connectivity index (χ1v) is 6.02. The van der Waals surface area contributed by atoms with E-state index in [1.165, 1.54) is 0 Å². The highest BCUT2D eigenvalue weighted by Gasteiger charge is 2.26. The summed E-state index contributed by atoms with van der Waals surface area (Å²) in [6.45, 7) is 3.20. The molecule has 1 N–H and O–H groups in total. The molecule has 1 saturated carbocycles. The molecule has 0 saturated heterocycles. The van der Waals surface area contributed by atoms with Crippen molar-refractivity contribution in [2.24, 2.45) is 5.92 Å². The van der Waals surface area contributed by atoms with Gasteiger partial charge in [0.05, 0.1) is 12.7 Å². The van der Waals surface area contributed by atoms with Crippen LogP contribution >= 0.6 is 0 Å². The summed E-state index contributed by atoms with van der Waals surface area (Å²) in [5.41, 5.74) is 0. The molecular weight excluding hydrogens is 192 g/mol. The van der Waals surface area contributed by atoms with Gasteiger partial charge in [-0.05, 0) is 25.7 Å². The third-order valence-electron chi connectivity index (χ3n) is 2.94. The molecule has 15 heavy (non-hydrogen) atoms. The molecule has 3 nitrogen and oxygen atoms in total. The molecule has 0 aromatic carbocycles. The Morgan fingerprint density at radius 2 is 2.40 bits per heavy atom. The Hall–Kier alpha value is -0.410. The molecule has 1 fully saturated rings. The lowest BCUT2D eigenvalue weighted by Crippen LogP contribution is -2.21. The van der Waals surface area contributed by atoms with Gasteiger partial charge in [0.25, 0.3) is 0 Å².